The third-order valence-corrected chi connectivity index (χ3v) is 5.94. The van der Waals surface area contributed by atoms with Crippen LogP contribution in [0, 0.1) is 17.3 Å². The summed E-state index contributed by atoms with van der Waals surface area (Å²) < 4.78 is 10.7. The second kappa shape index (κ2) is 6.92. The van der Waals surface area contributed by atoms with Crippen LogP contribution in [0.1, 0.15) is 22.8 Å². The van der Waals surface area contributed by atoms with E-state index in [4.69, 9.17) is 9.47 Å². The van der Waals surface area contributed by atoms with Gasteiger partial charge in [-0.3, -0.25) is 14.4 Å². The summed E-state index contributed by atoms with van der Waals surface area (Å²) in [7, 11) is 3.07. The first-order valence-electron chi connectivity index (χ1n) is 9.35. The number of methoxy groups -OCH3 is 2. The van der Waals surface area contributed by atoms with Crippen LogP contribution < -0.4 is 20.1 Å². The second-order valence-electron chi connectivity index (χ2n) is 7.47. The van der Waals surface area contributed by atoms with Crippen molar-refractivity contribution < 1.29 is 23.9 Å². The Labute approximate surface area is 168 Å². The maximum Gasteiger partial charge on any atom is 0.229 e. The van der Waals surface area contributed by atoms with Crippen LogP contribution in [0.2, 0.25) is 0 Å². The number of para-hydroxylation sites is 2. The molecule has 4 rings (SSSR count). The number of amides is 2. The summed E-state index contributed by atoms with van der Waals surface area (Å²) in [6.45, 7) is 1.89. The van der Waals surface area contributed by atoms with Crippen molar-refractivity contribution in [2.75, 3.05) is 19.5 Å². The molecule has 0 saturated heterocycles. The highest BCUT2D eigenvalue weighted by Crippen LogP contribution is 2.62. The minimum atomic E-state index is -1.04. The number of anilines is 1. The van der Waals surface area contributed by atoms with Gasteiger partial charge in [-0.2, -0.15) is 0 Å². The molecule has 1 aliphatic carbocycles. The molecule has 0 spiro atoms. The minimum Gasteiger partial charge on any atom is -0.493 e. The fourth-order valence-electron chi connectivity index (χ4n) is 4.32. The van der Waals surface area contributed by atoms with E-state index in [1.54, 1.807) is 50.4 Å². The zero-order valence-corrected chi connectivity index (χ0v) is 16.4. The van der Waals surface area contributed by atoms with Gasteiger partial charge in [-0.25, -0.2) is 0 Å². The zero-order valence-electron chi connectivity index (χ0n) is 16.4. The highest BCUT2D eigenvalue weighted by Gasteiger charge is 2.73. The van der Waals surface area contributed by atoms with Crippen molar-refractivity contribution in [2.45, 2.75) is 13.5 Å². The van der Waals surface area contributed by atoms with E-state index in [9.17, 15) is 14.4 Å². The van der Waals surface area contributed by atoms with Crippen LogP contribution in [-0.4, -0.2) is 31.8 Å². The first kappa shape index (κ1) is 19.0. The molecule has 0 bridgehead atoms. The third kappa shape index (κ3) is 2.85. The van der Waals surface area contributed by atoms with E-state index in [-0.39, 0.29) is 24.1 Å². The van der Waals surface area contributed by atoms with Crippen molar-refractivity contribution in [3.8, 4) is 11.5 Å². The number of hydrogen-bond acceptors (Lipinski definition) is 5. The lowest BCUT2D eigenvalue weighted by Gasteiger charge is -2.15. The lowest BCUT2D eigenvalue weighted by atomic mass is 9.92. The topological polar surface area (TPSA) is 93.7 Å². The summed E-state index contributed by atoms with van der Waals surface area (Å²) in [6.07, 6.45) is 0. The summed E-state index contributed by atoms with van der Waals surface area (Å²) in [6, 6.07) is 12.3. The van der Waals surface area contributed by atoms with Gasteiger partial charge in [-0.1, -0.05) is 31.2 Å². The van der Waals surface area contributed by atoms with Gasteiger partial charge < -0.3 is 20.1 Å². The van der Waals surface area contributed by atoms with Crippen molar-refractivity contribution in [1.29, 1.82) is 0 Å². The van der Waals surface area contributed by atoms with Gasteiger partial charge in [0.15, 0.2) is 17.3 Å². The number of ether oxygens (including phenoxy) is 2. The number of fused-ring (bicyclic) bond motifs is 2. The number of carbonyl (C=O) groups is 3. The predicted octanol–water partition coefficient (Wildman–Crippen LogP) is 2.41. The maximum atomic E-state index is 13.1. The Balaban J connectivity index is 1.55. The molecule has 2 amide bonds. The van der Waals surface area contributed by atoms with Crippen LogP contribution in [0.15, 0.2) is 42.5 Å². The molecule has 0 aromatic heterocycles. The highest BCUT2D eigenvalue weighted by atomic mass is 16.5. The second-order valence-corrected chi connectivity index (χ2v) is 7.47. The minimum absolute atomic E-state index is 0.185. The van der Waals surface area contributed by atoms with Crippen molar-refractivity contribution in [1.82, 2.24) is 5.32 Å². The van der Waals surface area contributed by atoms with E-state index < -0.39 is 17.3 Å². The van der Waals surface area contributed by atoms with Crippen molar-refractivity contribution in [2.24, 2.45) is 17.3 Å². The quantitative estimate of drug-likeness (QED) is 0.812. The third-order valence-electron chi connectivity index (χ3n) is 5.94. The van der Waals surface area contributed by atoms with Gasteiger partial charge in [0.2, 0.25) is 11.8 Å². The molecular formula is C22H22N2O5. The average molecular weight is 394 g/mol. The fraction of sp³-hybridized carbons (Fsp3) is 0.318. The summed E-state index contributed by atoms with van der Waals surface area (Å²) in [5.74, 6) is -1.11. The van der Waals surface area contributed by atoms with E-state index in [0.717, 1.165) is 5.56 Å². The first-order chi connectivity index (χ1) is 13.9. The molecule has 2 N–H and O–H groups in total. The number of Topliss-reactive ketones (excluding diaryl/α,β-unsaturated/α-hetero) is 1. The molecule has 29 heavy (non-hydrogen) atoms. The summed E-state index contributed by atoms with van der Waals surface area (Å²) in [4.78, 5) is 38.7. The van der Waals surface area contributed by atoms with E-state index >= 15 is 0 Å². The van der Waals surface area contributed by atoms with Crippen LogP contribution in [0.5, 0.6) is 11.5 Å². The average Bonchev–Trinajstić information content (AvgIpc) is 3.39. The van der Waals surface area contributed by atoms with Crippen LogP contribution in [-0.2, 0) is 16.1 Å². The molecule has 150 valence electrons. The smallest absolute Gasteiger partial charge is 0.229 e. The van der Waals surface area contributed by atoms with E-state index in [1.807, 2.05) is 6.07 Å². The predicted molar refractivity (Wildman–Crippen MR) is 106 cm³/mol. The Morgan fingerprint density at radius 1 is 1.10 bits per heavy atom. The summed E-state index contributed by atoms with van der Waals surface area (Å²) in [5.41, 5.74) is 0.637. The molecule has 1 saturated carbocycles. The van der Waals surface area contributed by atoms with Crippen LogP contribution in [0.3, 0.4) is 0 Å². The van der Waals surface area contributed by atoms with Gasteiger partial charge in [-0.05, 0) is 18.2 Å². The molecule has 3 atom stereocenters. The molecule has 7 heteroatoms. The highest BCUT2D eigenvalue weighted by molar-refractivity contribution is 6.19. The molecule has 2 aromatic carbocycles. The fourth-order valence-corrected chi connectivity index (χ4v) is 4.32. The van der Waals surface area contributed by atoms with Gasteiger partial charge in [0, 0.05) is 17.7 Å². The van der Waals surface area contributed by atoms with Gasteiger partial charge in [-0.15, -0.1) is 0 Å². The largest absolute Gasteiger partial charge is 0.493 e. The van der Waals surface area contributed by atoms with Gasteiger partial charge in [0.1, 0.15) is 0 Å². The van der Waals surface area contributed by atoms with Gasteiger partial charge in [0.05, 0.1) is 37.2 Å². The Morgan fingerprint density at radius 2 is 1.86 bits per heavy atom. The Kier molecular flexibility index (Phi) is 4.53. The van der Waals surface area contributed by atoms with Gasteiger partial charge in [0.25, 0.3) is 0 Å². The first-order valence-corrected chi connectivity index (χ1v) is 9.35. The van der Waals surface area contributed by atoms with Crippen LogP contribution in [0.4, 0.5) is 5.69 Å². The molecule has 7 nitrogen and oxygen atoms in total. The Hall–Kier alpha value is -3.35. The van der Waals surface area contributed by atoms with E-state index in [1.165, 1.54) is 7.11 Å². The zero-order chi connectivity index (χ0) is 20.8. The van der Waals surface area contributed by atoms with Crippen LogP contribution in [0.25, 0.3) is 0 Å². The lowest BCUT2D eigenvalue weighted by Crippen LogP contribution is -2.29. The summed E-state index contributed by atoms with van der Waals surface area (Å²) in [5, 5.41) is 5.63. The van der Waals surface area contributed by atoms with Crippen LogP contribution >= 0.6 is 0 Å². The molecule has 2 aromatic rings. The van der Waals surface area contributed by atoms with E-state index in [0.29, 0.717) is 22.7 Å². The summed E-state index contributed by atoms with van der Waals surface area (Å²) >= 11 is 0. The molecule has 1 aliphatic heterocycles. The molecule has 2 aliphatic rings. The number of ketones is 1. The number of carbonyl (C=O) groups excluding carboxylic acids is 3. The number of hydrogen-bond donors (Lipinski definition) is 2. The van der Waals surface area contributed by atoms with Crippen molar-refractivity contribution in [3.05, 3.63) is 53.6 Å². The lowest BCUT2D eigenvalue weighted by molar-refractivity contribution is -0.125. The Morgan fingerprint density at radius 3 is 2.59 bits per heavy atom. The number of nitrogens with one attached hydrogen (secondary N) is 2. The molecule has 0 radical (unpaired) electrons. The molecule has 0 unspecified atom stereocenters. The number of rotatable bonds is 5. The standard InChI is InChI=1S/C22H22N2O5/c1-22-16(17(22)21(27)24-14-9-5-4-8-13(14)19(22)25)20(26)23-11-12-7-6-10-15(28-2)18(12)29-3/h4-10,16-17H,11H2,1-3H3,(H,23,26)(H,24,27)/t16-,17+,22+/m0/s1. The normalized spacial score (nSPS) is 24.5. The maximum absolute atomic E-state index is 13.1. The van der Waals surface area contributed by atoms with Gasteiger partial charge >= 0.3 is 0 Å². The molecule has 1 heterocycles. The SMILES string of the molecule is COc1cccc(CNC(=O)[C@@H]2[C@@H]3C(=O)Nc4ccccc4C(=O)[C@]23C)c1OC. The molecule has 1 fully saturated rings. The Bertz CT molecular complexity index is 1020. The molecular weight excluding hydrogens is 372 g/mol. The van der Waals surface area contributed by atoms with E-state index in [2.05, 4.69) is 10.6 Å². The van der Waals surface area contributed by atoms with Crippen molar-refractivity contribution >= 4 is 23.3 Å². The number of benzene rings is 2. The monoisotopic (exact) mass is 394 g/mol. The van der Waals surface area contributed by atoms with Crippen molar-refractivity contribution in [3.63, 3.8) is 0 Å².